The molecule has 2 aliphatic carbocycles. The molecule has 0 spiro atoms. The second-order valence-corrected chi connectivity index (χ2v) is 7.41. The molecule has 2 heteroatoms. The zero-order chi connectivity index (χ0) is 13.9. The number of hydrogen-bond acceptors (Lipinski definition) is 1. The van der Waals surface area contributed by atoms with E-state index in [4.69, 9.17) is 0 Å². The summed E-state index contributed by atoms with van der Waals surface area (Å²) in [5, 5.41) is 3.80. The minimum Gasteiger partial charge on any atom is -0.309 e. The van der Waals surface area contributed by atoms with Crippen LogP contribution in [-0.2, 0) is 6.54 Å². The minimum absolute atomic E-state index is 0.638. The molecule has 1 nitrogen and oxygen atoms in total. The van der Waals surface area contributed by atoms with Crippen LogP contribution in [0.4, 0.5) is 0 Å². The summed E-state index contributed by atoms with van der Waals surface area (Å²) in [7, 11) is 0. The van der Waals surface area contributed by atoms with Gasteiger partial charge in [-0.15, -0.1) is 0 Å². The van der Waals surface area contributed by atoms with Crippen LogP contribution in [0.25, 0.3) is 0 Å². The van der Waals surface area contributed by atoms with Crippen molar-refractivity contribution in [2.45, 2.75) is 51.6 Å². The Hall–Kier alpha value is -0.600. The van der Waals surface area contributed by atoms with E-state index in [-0.39, 0.29) is 0 Å². The minimum atomic E-state index is 0.638. The van der Waals surface area contributed by atoms with Crippen molar-refractivity contribution < 1.29 is 0 Å². The van der Waals surface area contributed by atoms with Crippen LogP contribution >= 0.6 is 15.9 Å². The first-order valence-corrected chi connectivity index (χ1v) is 8.67. The van der Waals surface area contributed by atoms with Crippen molar-refractivity contribution in [2.75, 3.05) is 0 Å². The van der Waals surface area contributed by atoms with Crippen LogP contribution in [0.15, 0.2) is 40.4 Å². The van der Waals surface area contributed by atoms with E-state index in [1.807, 2.05) is 0 Å². The summed E-state index contributed by atoms with van der Waals surface area (Å²) in [5.41, 5.74) is 3.10. The molecule has 20 heavy (non-hydrogen) atoms. The quantitative estimate of drug-likeness (QED) is 0.762. The highest BCUT2D eigenvalue weighted by molar-refractivity contribution is 9.10. The fourth-order valence-electron chi connectivity index (χ4n) is 3.73. The van der Waals surface area contributed by atoms with E-state index in [2.05, 4.69) is 58.5 Å². The van der Waals surface area contributed by atoms with E-state index in [1.165, 1.54) is 37.7 Å². The molecule has 1 saturated carbocycles. The first-order chi connectivity index (χ1) is 9.70. The Bertz CT molecular complexity index is 477. The van der Waals surface area contributed by atoms with Crippen LogP contribution in [-0.4, -0.2) is 6.04 Å². The van der Waals surface area contributed by atoms with Crippen LogP contribution in [0.1, 0.15) is 44.6 Å². The van der Waals surface area contributed by atoms with Gasteiger partial charge in [-0.1, -0.05) is 46.6 Å². The second kappa shape index (κ2) is 6.44. The summed E-state index contributed by atoms with van der Waals surface area (Å²) in [6.45, 7) is 3.37. The monoisotopic (exact) mass is 333 g/mol. The Labute approximate surface area is 131 Å². The summed E-state index contributed by atoms with van der Waals surface area (Å²) in [4.78, 5) is 0. The maximum Gasteiger partial charge on any atom is 0.0208 e. The Morgan fingerprint density at radius 3 is 2.85 bits per heavy atom. The SMILES string of the molecule is CC1C=C2CCCC(C2)CC1NCc1ccc(Br)cc1. The lowest BCUT2D eigenvalue weighted by Gasteiger charge is -2.26. The fourth-order valence-corrected chi connectivity index (χ4v) is 3.99. The van der Waals surface area contributed by atoms with Gasteiger partial charge in [-0.3, -0.25) is 0 Å². The average molecular weight is 334 g/mol. The third kappa shape index (κ3) is 3.53. The van der Waals surface area contributed by atoms with E-state index in [1.54, 1.807) is 5.57 Å². The molecule has 1 fully saturated rings. The van der Waals surface area contributed by atoms with Crippen LogP contribution in [0.2, 0.25) is 0 Å². The molecule has 0 heterocycles. The third-order valence-electron chi connectivity index (χ3n) is 4.86. The van der Waals surface area contributed by atoms with Crippen molar-refractivity contribution in [1.29, 1.82) is 0 Å². The Balaban J connectivity index is 1.63. The highest BCUT2D eigenvalue weighted by atomic mass is 79.9. The van der Waals surface area contributed by atoms with Gasteiger partial charge in [-0.25, -0.2) is 0 Å². The van der Waals surface area contributed by atoms with Crippen molar-refractivity contribution in [3.8, 4) is 0 Å². The van der Waals surface area contributed by atoms with Gasteiger partial charge in [0, 0.05) is 17.1 Å². The zero-order valence-corrected chi connectivity index (χ0v) is 13.8. The zero-order valence-electron chi connectivity index (χ0n) is 12.2. The molecule has 1 aromatic carbocycles. The molecule has 2 bridgehead atoms. The highest BCUT2D eigenvalue weighted by Gasteiger charge is 2.27. The van der Waals surface area contributed by atoms with Crippen molar-refractivity contribution >= 4 is 15.9 Å². The van der Waals surface area contributed by atoms with Gasteiger partial charge in [0.05, 0.1) is 0 Å². The molecule has 0 aromatic heterocycles. The van der Waals surface area contributed by atoms with Gasteiger partial charge in [0.1, 0.15) is 0 Å². The lowest BCUT2D eigenvalue weighted by atomic mass is 9.84. The highest BCUT2D eigenvalue weighted by Crippen LogP contribution is 2.36. The van der Waals surface area contributed by atoms with Crippen LogP contribution < -0.4 is 5.32 Å². The van der Waals surface area contributed by atoms with Crippen LogP contribution in [0, 0.1) is 11.8 Å². The van der Waals surface area contributed by atoms with Gasteiger partial charge < -0.3 is 5.32 Å². The Morgan fingerprint density at radius 1 is 1.25 bits per heavy atom. The molecule has 3 unspecified atom stereocenters. The number of rotatable bonds is 3. The lowest BCUT2D eigenvalue weighted by molar-refractivity contribution is 0.318. The molecule has 108 valence electrons. The molecule has 1 aromatic rings. The molecule has 0 saturated heterocycles. The predicted octanol–water partition coefficient (Wildman–Crippen LogP) is 5.06. The Morgan fingerprint density at radius 2 is 2.05 bits per heavy atom. The second-order valence-electron chi connectivity index (χ2n) is 6.50. The smallest absolute Gasteiger partial charge is 0.0208 e. The molecule has 3 atom stereocenters. The van der Waals surface area contributed by atoms with Gasteiger partial charge in [0.25, 0.3) is 0 Å². The standard InChI is InChI=1S/C18H24BrN/c1-13-9-15-3-2-4-16(10-15)11-18(13)20-12-14-5-7-17(19)8-6-14/h5-9,13,16,18,20H,2-4,10-12H2,1H3. The number of fused-ring (bicyclic) bond motifs is 2. The van der Waals surface area contributed by atoms with E-state index in [0.29, 0.717) is 12.0 Å². The third-order valence-corrected chi connectivity index (χ3v) is 5.39. The lowest BCUT2D eigenvalue weighted by Crippen LogP contribution is -2.34. The van der Waals surface area contributed by atoms with Crippen molar-refractivity contribution in [1.82, 2.24) is 5.32 Å². The first-order valence-electron chi connectivity index (χ1n) is 7.88. The van der Waals surface area contributed by atoms with Gasteiger partial charge in [-0.05, 0) is 61.6 Å². The largest absolute Gasteiger partial charge is 0.309 e. The predicted molar refractivity (Wildman–Crippen MR) is 88.6 cm³/mol. The molecule has 0 aliphatic heterocycles. The summed E-state index contributed by atoms with van der Waals surface area (Å²) < 4.78 is 1.16. The summed E-state index contributed by atoms with van der Waals surface area (Å²) in [6.07, 6.45) is 9.44. The molecule has 1 N–H and O–H groups in total. The topological polar surface area (TPSA) is 12.0 Å². The van der Waals surface area contributed by atoms with E-state index in [0.717, 1.165) is 16.9 Å². The van der Waals surface area contributed by atoms with Crippen molar-refractivity contribution in [3.63, 3.8) is 0 Å². The molecule has 2 aliphatic rings. The molecule has 3 rings (SSSR count). The molecule has 0 radical (unpaired) electrons. The van der Waals surface area contributed by atoms with Crippen molar-refractivity contribution in [2.24, 2.45) is 11.8 Å². The molecular weight excluding hydrogens is 310 g/mol. The summed E-state index contributed by atoms with van der Waals surface area (Å²) in [6, 6.07) is 9.30. The van der Waals surface area contributed by atoms with Crippen LogP contribution in [0.5, 0.6) is 0 Å². The van der Waals surface area contributed by atoms with E-state index >= 15 is 0 Å². The van der Waals surface area contributed by atoms with E-state index < -0.39 is 0 Å². The van der Waals surface area contributed by atoms with Gasteiger partial charge in [-0.2, -0.15) is 0 Å². The fraction of sp³-hybridized carbons (Fsp3) is 0.556. The van der Waals surface area contributed by atoms with E-state index in [9.17, 15) is 0 Å². The normalized spacial score (nSPS) is 29.7. The number of halogens is 1. The van der Waals surface area contributed by atoms with Gasteiger partial charge >= 0.3 is 0 Å². The molecule has 0 amide bonds. The number of benzene rings is 1. The van der Waals surface area contributed by atoms with Crippen molar-refractivity contribution in [3.05, 3.63) is 46.0 Å². The maximum absolute atomic E-state index is 3.80. The Kier molecular flexibility index (Phi) is 4.62. The average Bonchev–Trinajstić information content (AvgIpc) is 2.54. The van der Waals surface area contributed by atoms with Gasteiger partial charge in [0.2, 0.25) is 0 Å². The number of nitrogens with one attached hydrogen (secondary N) is 1. The maximum atomic E-state index is 3.80. The number of hydrogen-bond donors (Lipinski definition) is 1. The number of allylic oxidation sites excluding steroid dienone is 1. The summed E-state index contributed by atoms with van der Waals surface area (Å²) in [5.74, 6) is 1.59. The first kappa shape index (κ1) is 14.3. The summed E-state index contributed by atoms with van der Waals surface area (Å²) >= 11 is 3.50. The van der Waals surface area contributed by atoms with Crippen LogP contribution in [0.3, 0.4) is 0 Å². The molecular formula is C18H24BrN. The van der Waals surface area contributed by atoms with Gasteiger partial charge in [0.15, 0.2) is 0 Å².